The second-order valence-corrected chi connectivity index (χ2v) is 8.65. The lowest BCUT2D eigenvalue weighted by Crippen LogP contribution is -1.96. The Morgan fingerprint density at radius 1 is 0.444 bits per heavy atom. The van der Waals surface area contributed by atoms with Gasteiger partial charge in [0.2, 0.25) is 0 Å². The largest absolute Gasteiger partial charge is 0.508 e. The molecule has 0 aromatic heterocycles. The fourth-order valence-electron chi connectivity index (χ4n) is 4.10. The molecule has 5 nitrogen and oxygen atoms in total. The molecular weight excluding hydrogens is 452 g/mol. The third-order valence-corrected chi connectivity index (χ3v) is 6.09. The van der Waals surface area contributed by atoms with Gasteiger partial charge in [-0.15, -0.1) is 0 Å². The molecule has 0 bridgehead atoms. The summed E-state index contributed by atoms with van der Waals surface area (Å²) < 4.78 is 22.2. The minimum absolute atomic E-state index is 0.180. The van der Waals surface area contributed by atoms with Crippen molar-refractivity contribution in [3.8, 4) is 34.5 Å². The summed E-state index contributed by atoms with van der Waals surface area (Å²) in [5.74, 6) is 3.87. The molecule has 0 aliphatic carbocycles. The third kappa shape index (κ3) is 6.95. The highest BCUT2D eigenvalue weighted by Gasteiger charge is 2.08. The van der Waals surface area contributed by atoms with E-state index in [1.54, 1.807) is 33.5 Å². The zero-order valence-corrected chi connectivity index (χ0v) is 21.0. The number of aryl methyl sites for hydroxylation is 4. The Morgan fingerprint density at radius 3 is 1.36 bits per heavy atom. The van der Waals surface area contributed by atoms with E-state index in [1.165, 1.54) is 11.1 Å². The number of ether oxygens (including phenoxy) is 4. The number of aromatic hydroxyl groups is 1. The fourth-order valence-corrected chi connectivity index (χ4v) is 4.10. The maximum absolute atomic E-state index is 10.3. The molecule has 36 heavy (non-hydrogen) atoms. The Morgan fingerprint density at radius 2 is 0.861 bits per heavy atom. The van der Waals surface area contributed by atoms with Crippen molar-refractivity contribution in [2.75, 3.05) is 21.3 Å². The molecule has 0 aliphatic heterocycles. The van der Waals surface area contributed by atoms with E-state index in [-0.39, 0.29) is 5.75 Å². The van der Waals surface area contributed by atoms with Gasteiger partial charge in [0.15, 0.2) is 0 Å². The molecule has 0 unspecified atom stereocenters. The van der Waals surface area contributed by atoms with Gasteiger partial charge < -0.3 is 24.1 Å². The second kappa shape index (κ2) is 12.0. The van der Waals surface area contributed by atoms with Crippen LogP contribution in [0.25, 0.3) is 0 Å². The Balaban J connectivity index is 1.44. The van der Waals surface area contributed by atoms with Crippen LogP contribution >= 0.6 is 0 Å². The van der Waals surface area contributed by atoms with Gasteiger partial charge in [-0.3, -0.25) is 0 Å². The molecule has 5 heteroatoms. The molecule has 0 fully saturated rings. The molecule has 0 radical (unpaired) electrons. The number of benzene rings is 4. The van der Waals surface area contributed by atoms with Gasteiger partial charge in [0.1, 0.15) is 34.5 Å². The highest BCUT2D eigenvalue weighted by atomic mass is 16.5. The molecule has 4 rings (SSSR count). The standard InChI is InChI=1S/C31H32O5/c1-33-27-12-8-22(9-13-27)4-6-24-16-26(32)20-30(18-24)36-31-19-25(17-29(21-31)35-3)7-5-23-10-14-28(34-2)15-11-23/h8-21,32H,4-7H2,1-3H3. The van der Waals surface area contributed by atoms with E-state index in [1.807, 2.05) is 48.5 Å². The van der Waals surface area contributed by atoms with Gasteiger partial charge in [0.25, 0.3) is 0 Å². The molecule has 4 aromatic rings. The molecule has 0 amide bonds. The maximum atomic E-state index is 10.3. The lowest BCUT2D eigenvalue weighted by atomic mass is 10.0. The molecule has 186 valence electrons. The van der Waals surface area contributed by atoms with Crippen LogP contribution in [-0.4, -0.2) is 26.4 Å². The summed E-state index contributed by atoms with van der Waals surface area (Å²) in [6.45, 7) is 0. The van der Waals surface area contributed by atoms with E-state index in [9.17, 15) is 5.11 Å². The van der Waals surface area contributed by atoms with E-state index in [0.29, 0.717) is 11.5 Å². The van der Waals surface area contributed by atoms with Crippen molar-refractivity contribution in [2.45, 2.75) is 25.7 Å². The highest BCUT2D eigenvalue weighted by Crippen LogP contribution is 2.31. The van der Waals surface area contributed by atoms with Crippen LogP contribution in [0.1, 0.15) is 22.3 Å². The van der Waals surface area contributed by atoms with Gasteiger partial charge in [-0.25, -0.2) is 0 Å². The number of methoxy groups -OCH3 is 3. The SMILES string of the molecule is COc1ccc(CCc2cc(O)cc(Oc3cc(CCc4ccc(OC)cc4)cc(OC)c3)c2)cc1. The van der Waals surface area contributed by atoms with Crippen molar-refractivity contribution >= 4 is 0 Å². The van der Waals surface area contributed by atoms with Crippen LogP contribution in [0.5, 0.6) is 34.5 Å². The quantitative estimate of drug-likeness (QED) is 0.254. The van der Waals surface area contributed by atoms with Crippen molar-refractivity contribution in [1.82, 2.24) is 0 Å². The number of hydrogen-bond acceptors (Lipinski definition) is 5. The molecule has 0 saturated carbocycles. The lowest BCUT2D eigenvalue weighted by Gasteiger charge is -2.12. The predicted molar refractivity (Wildman–Crippen MR) is 142 cm³/mol. The molecule has 0 atom stereocenters. The third-order valence-electron chi connectivity index (χ3n) is 6.09. The van der Waals surface area contributed by atoms with Crippen LogP contribution in [0.2, 0.25) is 0 Å². The smallest absolute Gasteiger partial charge is 0.131 e. The van der Waals surface area contributed by atoms with Gasteiger partial charge in [0.05, 0.1) is 21.3 Å². The average molecular weight is 485 g/mol. The normalized spacial score (nSPS) is 10.6. The van der Waals surface area contributed by atoms with Gasteiger partial charge in [0, 0.05) is 12.1 Å². The average Bonchev–Trinajstić information content (AvgIpc) is 2.91. The lowest BCUT2D eigenvalue weighted by molar-refractivity contribution is 0.407. The van der Waals surface area contributed by atoms with Crippen LogP contribution < -0.4 is 18.9 Å². The summed E-state index contributed by atoms with van der Waals surface area (Å²) in [7, 11) is 4.98. The zero-order valence-electron chi connectivity index (χ0n) is 21.0. The zero-order chi connectivity index (χ0) is 25.3. The Kier molecular flexibility index (Phi) is 8.35. The first kappa shape index (κ1) is 25.0. The van der Waals surface area contributed by atoms with Crippen molar-refractivity contribution < 1.29 is 24.1 Å². The summed E-state index contributed by atoms with van der Waals surface area (Å²) in [4.78, 5) is 0. The first-order chi connectivity index (χ1) is 17.5. The molecule has 4 aromatic carbocycles. The summed E-state index contributed by atoms with van der Waals surface area (Å²) in [6.07, 6.45) is 3.36. The van der Waals surface area contributed by atoms with Gasteiger partial charge in [-0.2, -0.15) is 0 Å². The summed E-state index contributed by atoms with van der Waals surface area (Å²) in [5, 5.41) is 10.3. The number of phenolic OH excluding ortho intramolecular Hbond substituents is 1. The van der Waals surface area contributed by atoms with Gasteiger partial charge in [-0.1, -0.05) is 24.3 Å². The van der Waals surface area contributed by atoms with Crippen LogP contribution in [0, 0.1) is 0 Å². The number of rotatable bonds is 11. The van der Waals surface area contributed by atoms with Crippen LogP contribution in [-0.2, 0) is 25.7 Å². The second-order valence-electron chi connectivity index (χ2n) is 8.65. The molecule has 0 spiro atoms. The van der Waals surface area contributed by atoms with Gasteiger partial charge in [-0.05, 0) is 96.5 Å². The van der Waals surface area contributed by atoms with Gasteiger partial charge >= 0.3 is 0 Å². The molecule has 0 saturated heterocycles. The van der Waals surface area contributed by atoms with E-state index in [4.69, 9.17) is 18.9 Å². The first-order valence-corrected chi connectivity index (χ1v) is 12.0. The van der Waals surface area contributed by atoms with E-state index in [0.717, 1.165) is 54.1 Å². The Labute approximate surface area is 212 Å². The summed E-state index contributed by atoms with van der Waals surface area (Å²) >= 11 is 0. The molecule has 0 aliphatic rings. The van der Waals surface area contributed by atoms with E-state index < -0.39 is 0 Å². The van der Waals surface area contributed by atoms with E-state index >= 15 is 0 Å². The van der Waals surface area contributed by atoms with Crippen molar-refractivity contribution in [3.05, 3.63) is 107 Å². The topological polar surface area (TPSA) is 57.2 Å². The maximum Gasteiger partial charge on any atom is 0.131 e. The molecular formula is C31H32O5. The minimum Gasteiger partial charge on any atom is -0.508 e. The molecule has 1 N–H and O–H groups in total. The summed E-state index contributed by atoms with van der Waals surface area (Å²) in [5.41, 5.74) is 4.55. The predicted octanol–water partition coefficient (Wildman–Crippen LogP) is 6.78. The molecule has 0 heterocycles. The number of phenols is 1. The van der Waals surface area contributed by atoms with Crippen molar-refractivity contribution in [1.29, 1.82) is 0 Å². The summed E-state index contributed by atoms with van der Waals surface area (Å²) in [6, 6.07) is 27.4. The van der Waals surface area contributed by atoms with Crippen molar-refractivity contribution in [2.24, 2.45) is 0 Å². The Bertz CT molecular complexity index is 1260. The van der Waals surface area contributed by atoms with Crippen LogP contribution in [0.3, 0.4) is 0 Å². The van der Waals surface area contributed by atoms with Crippen LogP contribution in [0.15, 0.2) is 84.9 Å². The first-order valence-electron chi connectivity index (χ1n) is 12.0. The monoisotopic (exact) mass is 484 g/mol. The van der Waals surface area contributed by atoms with E-state index in [2.05, 4.69) is 24.3 Å². The van der Waals surface area contributed by atoms with Crippen LogP contribution in [0.4, 0.5) is 0 Å². The number of hydrogen-bond donors (Lipinski definition) is 1. The highest BCUT2D eigenvalue weighted by molar-refractivity contribution is 5.44. The Hall–Kier alpha value is -4.12. The van der Waals surface area contributed by atoms with Crippen molar-refractivity contribution in [3.63, 3.8) is 0 Å². The fraction of sp³-hybridized carbons (Fsp3) is 0.226. The minimum atomic E-state index is 0.180.